The predicted octanol–water partition coefficient (Wildman–Crippen LogP) is 2.72. The lowest BCUT2D eigenvalue weighted by atomic mass is 10.00. The van der Waals surface area contributed by atoms with Crippen LogP contribution in [0.1, 0.15) is 44.6 Å². The molecule has 2 heterocycles. The standard InChI is InChI=1S/C15H25N3O/c1-17-8-4-5-13(10-17)12-19-15-9-16-18(11-15)14-6-2-3-7-14/h9,11,13-14H,2-8,10,12H2,1H3. The van der Waals surface area contributed by atoms with E-state index in [-0.39, 0.29) is 0 Å². The first kappa shape index (κ1) is 13.0. The van der Waals surface area contributed by atoms with Crippen LogP contribution in [0.3, 0.4) is 0 Å². The number of piperidine rings is 1. The Bertz CT molecular complexity index is 398. The summed E-state index contributed by atoms with van der Waals surface area (Å²) in [5.74, 6) is 1.62. The zero-order chi connectivity index (χ0) is 13.1. The van der Waals surface area contributed by atoms with Crippen molar-refractivity contribution >= 4 is 0 Å². The van der Waals surface area contributed by atoms with E-state index in [9.17, 15) is 0 Å². The summed E-state index contributed by atoms with van der Waals surface area (Å²) in [5, 5.41) is 4.46. The molecule has 0 spiro atoms. The third-order valence-electron chi connectivity index (χ3n) is 4.48. The van der Waals surface area contributed by atoms with Crippen LogP contribution in [-0.2, 0) is 0 Å². The monoisotopic (exact) mass is 263 g/mol. The second-order valence-corrected chi connectivity index (χ2v) is 6.18. The molecule has 1 atom stereocenters. The van der Waals surface area contributed by atoms with Crippen LogP contribution in [0.2, 0.25) is 0 Å². The summed E-state index contributed by atoms with van der Waals surface area (Å²) >= 11 is 0. The largest absolute Gasteiger partial charge is 0.490 e. The molecule has 0 N–H and O–H groups in total. The zero-order valence-electron chi connectivity index (χ0n) is 11.9. The summed E-state index contributed by atoms with van der Waals surface area (Å²) in [7, 11) is 2.20. The topological polar surface area (TPSA) is 30.3 Å². The van der Waals surface area contributed by atoms with Crippen LogP contribution in [0.5, 0.6) is 5.75 Å². The highest BCUT2D eigenvalue weighted by molar-refractivity contribution is 5.12. The molecule has 1 aromatic rings. The fraction of sp³-hybridized carbons (Fsp3) is 0.800. The summed E-state index contributed by atoms with van der Waals surface area (Å²) in [5.41, 5.74) is 0. The first-order chi connectivity index (χ1) is 9.31. The summed E-state index contributed by atoms with van der Waals surface area (Å²) in [6, 6.07) is 0.609. The van der Waals surface area contributed by atoms with Gasteiger partial charge >= 0.3 is 0 Å². The molecule has 4 heteroatoms. The van der Waals surface area contributed by atoms with E-state index in [4.69, 9.17) is 4.74 Å². The average Bonchev–Trinajstić information content (AvgIpc) is 3.07. The maximum Gasteiger partial charge on any atom is 0.157 e. The van der Waals surface area contributed by atoms with Crippen molar-refractivity contribution in [2.24, 2.45) is 5.92 Å². The highest BCUT2D eigenvalue weighted by Gasteiger charge is 2.20. The van der Waals surface area contributed by atoms with Gasteiger partial charge in [-0.25, -0.2) is 0 Å². The Labute approximate surface area is 115 Å². The number of aromatic nitrogens is 2. The normalized spacial score (nSPS) is 25.8. The molecule has 0 amide bonds. The van der Waals surface area contributed by atoms with Gasteiger partial charge in [0.05, 0.1) is 25.0 Å². The molecule has 1 aliphatic heterocycles. The molecule has 3 rings (SSSR count). The Balaban J connectivity index is 1.49. The van der Waals surface area contributed by atoms with Gasteiger partial charge in [-0.3, -0.25) is 4.68 Å². The molecule has 0 aromatic carbocycles. The molecule has 2 fully saturated rings. The molecule has 0 radical (unpaired) electrons. The summed E-state index contributed by atoms with van der Waals surface area (Å²) in [6.45, 7) is 3.23. The fourth-order valence-corrected chi connectivity index (χ4v) is 3.39. The van der Waals surface area contributed by atoms with Gasteiger partial charge in [-0.2, -0.15) is 5.10 Å². The Kier molecular flexibility index (Phi) is 4.06. The SMILES string of the molecule is CN1CCCC(COc2cnn(C3CCCC3)c2)C1. The number of likely N-dealkylation sites (tertiary alicyclic amines) is 1. The molecule has 4 nitrogen and oxygen atoms in total. The van der Waals surface area contributed by atoms with E-state index < -0.39 is 0 Å². The third kappa shape index (κ3) is 3.30. The van der Waals surface area contributed by atoms with Gasteiger partial charge in [-0.05, 0) is 39.3 Å². The smallest absolute Gasteiger partial charge is 0.157 e. The summed E-state index contributed by atoms with van der Waals surface area (Å²) in [4.78, 5) is 2.40. The first-order valence-electron chi connectivity index (χ1n) is 7.67. The van der Waals surface area contributed by atoms with E-state index in [2.05, 4.69) is 27.9 Å². The van der Waals surface area contributed by atoms with Crippen LogP contribution >= 0.6 is 0 Å². The molecule has 1 aromatic heterocycles. The molecule has 1 aliphatic carbocycles. The number of hydrogen-bond acceptors (Lipinski definition) is 3. The van der Waals surface area contributed by atoms with Crippen LogP contribution in [-0.4, -0.2) is 41.4 Å². The minimum absolute atomic E-state index is 0.609. The van der Waals surface area contributed by atoms with Crippen LogP contribution in [0, 0.1) is 5.92 Å². The van der Waals surface area contributed by atoms with Gasteiger partial charge in [0.2, 0.25) is 0 Å². The molecule has 1 saturated heterocycles. The summed E-state index contributed by atoms with van der Waals surface area (Å²) < 4.78 is 8.03. The fourth-order valence-electron chi connectivity index (χ4n) is 3.39. The Morgan fingerprint density at radius 1 is 1.26 bits per heavy atom. The van der Waals surface area contributed by atoms with Gasteiger partial charge in [0.25, 0.3) is 0 Å². The Morgan fingerprint density at radius 3 is 2.89 bits per heavy atom. The molecular formula is C15H25N3O. The third-order valence-corrected chi connectivity index (χ3v) is 4.48. The summed E-state index contributed by atoms with van der Waals surface area (Å²) in [6.07, 6.45) is 11.8. The minimum atomic E-state index is 0.609. The van der Waals surface area contributed by atoms with Crippen LogP contribution in [0.25, 0.3) is 0 Å². The molecule has 1 saturated carbocycles. The van der Waals surface area contributed by atoms with E-state index in [0.717, 1.165) is 18.9 Å². The van der Waals surface area contributed by atoms with Gasteiger partial charge in [0.1, 0.15) is 0 Å². The highest BCUT2D eigenvalue weighted by Crippen LogP contribution is 2.29. The van der Waals surface area contributed by atoms with E-state index >= 15 is 0 Å². The van der Waals surface area contributed by atoms with E-state index in [1.807, 2.05) is 6.20 Å². The van der Waals surface area contributed by atoms with E-state index in [0.29, 0.717) is 12.0 Å². The van der Waals surface area contributed by atoms with Crippen molar-refractivity contribution in [1.29, 1.82) is 0 Å². The van der Waals surface area contributed by atoms with Crippen molar-refractivity contribution in [2.45, 2.75) is 44.6 Å². The van der Waals surface area contributed by atoms with E-state index in [1.54, 1.807) is 0 Å². The maximum atomic E-state index is 5.92. The van der Waals surface area contributed by atoms with Crippen LogP contribution in [0.4, 0.5) is 0 Å². The first-order valence-corrected chi connectivity index (χ1v) is 7.67. The lowest BCUT2D eigenvalue weighted by Gasteiger charge is -2.29. The lowest BCUT2D eigenvalue weighted by molar-refractivity contribution is 0.150. The van der Waals surface area contributed by atoms with Gasteiger partial charge in [-0.15, -0.1) is 0 Å². The van der Waals surface area contributed by atoms with Gasteiger partial charge in [0, 0.05) is 12.5 Å². The second kappa shape index (κ2) is 5.95. The molecule has 0 bridgehead atoms. The number of hydrogen-bond donors (Lipinski definition) is 0. The Morgan fingerprint density at radius 2 is 2.11 bits per heavy atom. The van der Waals surface area contributed by atoms with Crippen molar-refractivity contribution < 1.29 is 4.74 Å². The maximum absolute atomic E-state index is 5.92. The van der Waals surface area contributed by atoms with Gasteiger partial charge in [0.15, 0.2) is 5.75 Å². The van der Waals surface area contributed by atoms with Crippen molar-refractivity contribution in [3.05, 3.63) is 12.4 Å². The average molecular weight is 263 g/mol. The number of rotatable bonds is 4. The van der Waals surface area contributed by atoms with Gasteiger partial charge < -0.3 is 9.64 Å². The lowest BCUT2D eigenvalue weighted by Crippen LogP contribution is -2.34. The second-order valence-electron chi connectivity index (χ2n) is 6.18. The van der Waals surface area contributed by atoms with E-state index in [1.165, 1.54) is 45.1 Å². The molecular weight excluding hydrogens is 238 g/mol. The minimum Gasteiger partial charge on any atom is -0.490 e. The van der Waals surface area contributed by atoms with Crippen molar-refractivity contribution in [1.82, 2.24) is 14.7 Å². The molecule has 106 valence electrons. The van der Waals surface area contributed by atoms with Crippen LogP contribution in [0.15, 0.2) is 12.4 Å². The zero-order valence-corrected chi connectivity index (χ0v) is 11.9. The van der Waals surface area contributed by atoms with Crippen molar-refractivity contribution in [3.63, 3.8) is 0 Å². The Hall–Kier alpha value is -1.03. The van der Waals surface area contributed by atoms with Gasteiger partial charge in [-0.1, -0.05) is 12.8 Å². The highest BCUT2D eigenvalue weighted by atomic mass is 16.5. The van der Waals surface area contributed by atoms with Crippen molar-refractivity contribution in [2.75, 3.05) is 26.7 Å². The van der Waals surface area contributed by atoms with Crippen LogP contribution < -0.4 is 4.74 Å². The molecule has 19 heavy (non-hydrogen) atoms. The number of ether oxygens (including phenoxy) is 1. The number of nitrogens with zero attached hydrogens (tertiary/aromatic N) is 3. The quantitative estimate of drug-likeness (QED) is 0.836. The molecule has 2 aliphatic rings. The molecule has 1 unspecified atom stereocenters. The predicted molar refractivity (Wildman–Crippen MR) is 75.4 cm³/mol. The van der Waals surface area contributed by atoms with Crippen molar-refractivity contribution in [3.8, 4) is 5.75 Å².